The number of nitrogens with zero attached hydrogens (tertiary/aromatic N) is 1. The summed E-state index contributed by atoms with van der Waals surface area (Å²) < 4.78 is 0. The molecule has 3 nitrogen and oxygen atoms in total. The van der Waals surface area contributed by atoms with Crippen LogP contribution in [-0.2, 0) is 9.59 Å². The number of Topliss-reactive ketones (excluding diaryl/α,β-unsaturated/α-hetero) is 1. The van der Waals surface area contributed by atoms with Gasteiger partial charge in [0.1, 0.15) is 0 Å². The van der Waals surface area contributed by atoms with Gasteiger partial charge in [-0.25, -0.2) is 0 Å². The zero-order valence-corrected chi connectivity index (χ0v) is 10.6. The van der Waals surface area contributed by atoms with Crippen LogP contribution in [0.4, 0.5) is 0 Å². The first-order chi connectivity index (χ1) is 6.86. The van der Waals surface area contributed by atoms with Crippen molar-refractivity contribution in [2.24, 2.45) is 5.41 Å². The Balaban J connectivity index is 4.38. The number of unbranched alkanes of at least 4 members (excludes halogenated alkanes) is 1. The molecule has 0 aliphatic rings. The Hall–Kier alpha value is -0.860. The lowest BCUT2D eigenvalue weighted by Crippen LogP contribution is -2.41. The quantitative estimate of drug-likeness (QED) is 0.635. The van der Waals surface area contributed by atoms with Crippen molar-refractivity contribution >= 4 is 11.7 Å². The van der Waals surface area contributed by atoms with Gasteiger partial charge in [-0.3, -0.25) is 9.59 Å². The molecule has 0 bridgehead atoms. The van der Waals surface area contributed by atoms with Crippen LogP contribution in [0.1, 0.15) is 47.0 Å². The second-order valence-corrected chi connectivity index (χ2v) is 4.65. The smallest absolute Gasteiger partial charge is 0.290 e. The lowest BCUT2D eigenvalue weighted by molar-refractivity contribution is -0.148. The number of amides is 1. The molecule has 0 fully saturated rings. The number of rotatable bonds is 6. The van der Waals surface area contributed by atoms with Crippen molar-refractivity contribution in [1.29, 1.82) is 0 Å². The number of carbonyl (C=O) groups excluding carboxylic acids is 2. The van der Waals surface area contributed by atoms with Gasteiger partial charge in [0.2, 0.25) is 5.78 Å². The van der Waals surface area contributed by atoms with Gasteiger partial charge >= 0.3 is 0 Å². The molecule has 0 heterocycles. The van der Waals surface area contributed by atoms with Gasteiger partial charge in [-0.05, 0) is 12.8 Å². The normalized spacial score (nSPS) is 11.3. The molecule has 0 aromatic heterocycles. The molecular weight excluding hydrogens is 190 g/mol. The van der Waals surface area contributed by atoms with E-state index >= 15 is 0 Å². The lowest BCUT2D eigenvalue weighted by atomic mass is 9.84. The van der Waals surface area contributed by atoms with Crippen molar-refractivity contribution in [3.05, 3.63) is 0 Å². The summed E-state index contributed by atoms with van der Waals surface area (Å²) in [6, 6.07) is 0. The van der Waals surface area contributed by atoms with Crippen molar-refractivity contribution in [2.45, 2.75) is 47.0 Å². The summed E-state index contributed by atoms with van der Waals surface area (Å²) in [7, 11) is 1.70. The van der Waals surface area contributed by atoms with Crippen LogP contribution < -0.4 is 0 Å². The summed E-state index contributed by atoms with van der Waals surface area (Å²) in [5, 5.41) is 0. The van der Waals surface area contributed by atoms with Crippen LogP contribution in [0.3, 0.4) is 0 Å². The van der Waals surface area contributed by atoms with Crippen LogP contribution in [0.5, 0.6) is 0 Å². The molecule has 3 heteroatoms. The lowest BCUT2D eigenvalue weighted by Gasteiger charge is -2.24. The Labute approximate surface area is 92.8 Å². The highest BCUT2D eigenvalue weighted by Gasteiger charge is 2.32. The van der Waals surface area contributed by atoms with Crippen LogP contribution in [0, 0.1) is 5.41 Å². The fraction of sp³-hybridized carbons (Fsp3) is 0.833. The molecule has 15 heavy (non-hydrogen) atoms. The molecule has 0 saturated carbocycles. The third-order valence-electron chi connectivity index (χ3n) is 2.89. The van der Waals surface area contributed by atoms with E-state index in [1.54, 1.807) is 7.05 Å². The van der Waals surface area contributed by atoms with Gasteiger partial charge in [-0.2, -0.15) is 0 Å². The average Bonchev–Trinajstić information content (AvgIpc) is 2.23. The minimum atomic E-state index is -0.530. The van der Waals surface area contributed by atoms with Crippen LogP contribution in [0.15, 0.2) is 0 Å². The molecule has 0 aromatic carbocycles. The zero-order valence-electron chi connectivity index (χ0n) is 10.6. The van der Waals surface area contributed by atoms with E-state index in [9.17, 15) is 9.59 Å². The standard InChI is InChI=1S/C12H23NO2/c1-6-8-9-13(5)11(15)10(14)12(3,4)7-2/h6-9H2,1-5H3. The fourth-order valence-electron chi connectivity index (χ4n) is 1.12. The largest absolute Gasteiger partial charge is 0.339 e. The second kappa shape index (κ2) is 5.89. The number of hydrogen-bond donors (Lipinski definition) is 0. The first-order valence-corrected chi connectivity index (χ1v) is 5.66. The zero-order chi connectivity index (χ0) is 12.1. The molecule has 0 N–H and O–H groups in total. The van der Waals surface area contributed by atoms with Crippen molar-refractivity contribution in [3.8, 4) is 0 Å². The van der Waals surface area contributed by atoms with Gasteiger partial charge in [0, 0.05) is 19.0 Å². The van der Waals surface area contributed by atoms with E-state index in [-0.39, 0.29) is 11.7 Å². The summed E-state index contributed by atoms with van der Waals surface area (Å²) in [6.45, 7) is 8.30. The van der Waals surface area contributed by atoms with E-state index in [2.05, 4.69) is 6.92 Å². The molecule has 1 amide bonds. The SMILES string of the molecule is CCCCN(C)C(=O)C(=O)C(C)(C)CC. The Bertz CT molecular complexity index is 234. The maximum atomic E-state index is 11.8. The summed E-state index contributed by atoms with van der Waals surface area (Å²) in [5.74, 6) is -0.626. The first-order valence-electron chi connectivity index (χ1n) is 5.66. The minimum Gasteiger partial charge on any atom is -0.339 e. The molecule has 0 aliphatic carbocycles. The predicted molar refractivity (Wildman–Crippen MR) is 61.6 cm³/mol. The number of likely N-dealkylation sites (N-methyl/N-ethyl adjacent to an activating group) is 1. The Morgan fingerprint density at radius 1 is 1.20 bits per heavy atom. The van der Waals surface area contributed by atoms with Crippen LogP contribution in [0.25, 0.3) is 0 Å². The second-order valence-electron chi connectivity index (χ2n) is 4.65. The summed E-state index contributed by atoms with van der Waals surface area (Å²) in [6.07, 6.45) is 2.67. The maximum Gasteiger partial charge on any atom is 0.290 e. The van der Waals surface area contributed by atoms with E-state index in [0.29, 0.717) is 13.0 Å². The average molecular weight is 213 g/mol. The van der Waals surface area contributed by atoms with Crippen LogP contribution in [-0.4, -0.2) is 30.2 Å². The minimum absolute atomic E-state index is 0.274. The van der Waals surface area contributed by atoms with Crippen molar-refractivity contribution in [1.82, 2.24) is 4.90 Å². The summed E-state index contributed by atoms with van der Waals surface area (Å²) in [5.41, 5.74) is -0.530. The van der Waals surface area contributed by atoms with Gasteiger partial charge in [-0.15, -0.1) is 0 Å². The van der Waals surface area contributed by atoms with Crippen LogP contribution >= 0.6 is 0 Å². The first kappa shape index (κ1) is 14.1. The van der Waals surface area contributed by atoms with E-state index in [1.807, 2.05) is 20.8 Å². The van der Waals surface area contributed by atoms with Gasteiger partial charge in [-0.1, -0.05) is 34.1 Å². The molecule has 0 unspecified atom stereocenters. The third kappa shape index (κ3) is 4.02. The summed E-state index contributed by atoms with van der Waals surface area (Å²) >= 11 is 0. The molecule has 88 valence electrons. The predicted octanol–water partition coefficient (Wildman–Crippen LogP) is 2.25. The Morgan fingerprint density at radius 3 is 2.13 bits per heavy atom. The van der Waals surface area contributed by atoms with Gasteiger partial charge in [0.05, 0.1) is 0 Å². The molecule has 0 atom stereocenters. The summed E-state index contributed by atoms with van der Waals surface area (Å²) in [4.78, 5) is 25.1. The Morgan fingerprint density at radius 2 is 1.73 bits per heavy atom. The van der Waals surface area contributed by atoms with Gasteiger partial charge in [0.25, 0.3) is 5.91 Å². The van der Waals surface area contributed by atoms with Crippen LogP contribution in [0.2, 0.25) is 0 Å². The van der Waals surface area contributed by atoms with Crippen molar-refractivity contribution in [2.75, 3.05) is 13.6 Å². The van der Waals surface area contributed by atoms with E-state index in [1.165, 1.54) is 4.90 Å². The van der Waals surface area contributed by atoms with E-state index in [0.717, 1.165) is 12.8 Å². The third-order valence-corrected chi connectivity index (χ3v) is 2.89. The highest BCUT2D eigenvalue weighted by molar-refractivity contribution is 6.37. The number of hydrogen-bond acceptors (Lipinski definition) is 2. The van der Waals surface area contributed by atoms with Gasteiger partial charge < -0.3 is 4.90 Å². The fourth-order valence-corrected chi connectivity index (χ4v) is 1.12. The molecule has 0 rings (SSSR count). The monoisotopic (exact) mass is 213 g/mol. The van der Waals surface area contributed by atoms with Gasteiger partial charge in [0.15, 0.2) is 0 Å². The molecule has 0 spiro atoms. The number of carbonyl (C=O) groups is 2. The van der Waals surface area contributed by atoms with Crippen molar-refractivity contribution < 1.29 is 9.59 Å². The number of ketones is 1. The van der Waals surface area contributed by atoms with Crippen molar-refractivity contribution in [3.63, 3.8) is 0 Å². The maximum absolute atomic E-state index is 11.8. The molecular formula is C12H23NO2. The Kier molecular flexibility index (Phi) is 5.55. The topological polar surface area (TPSA) is 37.4 Å². The highest BCUT2D eigenvalue weighted by Crippen LogP contribution is 2.21. The highest BCUT2D eigenvalue weighted by atomic mass is 16.2. The van der Waals surface area contributed by atoms with E-state index < -0.39 is 5.41 Å². The molecule has 0 aliphatic heterocycles. The molecule has 0 saturated heterocycles. The van der Waals surface area contributed by atoms with E-state index in [4.69, 9.17) is 0 Å². The molecule has 0 radical (unpaired) electrons. The molecule has 0 aromatic rings.